The van der Waals surface area contributed by atoms with Crippen LogP contribution in [0, 0.1) is 24.2 Å². The number of Topliss-reactive ketones (excluding diaryl/α,β-unsaturated/α-hetero) is 1. The molecule has 1 aromatic rings. The first-order valence-corrected chi connectivity index (χ1v) is 14.0. The van der Waals surface area contributed by atoms with E-state index in [9.17, 15) is 19.8 Å². The number of carbonyl (C=O) groups excluding carboxylic acids is 2. The molecule has 4 rings (SSSR count). The molecule has 8 unspecified atom stereocenters. The number of aromatic nitrogens is 1. The number of oxazole rings is 1. The van der Waals surface area contributed by atoms with Crippen molar-refractivity contribution in [2.75, 3.05) is 6.61 Å². The lowest BCUT2D eigenvalue weighted by Gasteiger charge is -2.36. The lowest BCUT2D eigenvalue weighted by molar-refractivity contribution is -0.144. The van der Waals surface area contributed by atoms with Crippen LogP contribution < -0.4 is 5.32 Å². The van der Waals surface area contributed by atoms with Gasteiger partial charge in [-0.2, -0.15) is 0 Å². The molecule has 0 aromatic carbocycles. The molecular formula is C29H44N2O7. The predicted molar refractivity (Wildman–Crippen MR) is 141 cm³/mol. The minimum atomic E-state index is -1.20. The number of epoxide rings is 2. The van der Waals surface area contributed by atoms with Gasteiger partial charge in [0.2, 0.25) is 5.91 Å². The molecule has 212 valence electrons. The van der Waals surface area contributed by atoms with Crippen LogP contribution in [0.5, 0.6) is 0 Å². The first-order valence-electron chi connectivity index (χ1n) is 14.0. The van der Waals surface area contributed by atoms with E-state index in [-0.39, 0.29) is 47.9 Å². The van der Waals surface area contributed by atoms with Crippen LogP contribution in [0.2, 0.25) is 0 Å². The van der Waals surface area contributed by atoms with Gasteiger partial charge in [0, 0.05) is 19.3 Å². The largest absolute Gasteiger partial charge is 0.449 e. The number of hydrogen-bond acceptors (Lipinski definition) is 8. The highest BCUT2D eigenvalue weighted by molar-refractivity contribution is 5.88. The Kier molecular flexibility index (Phi) is 8.81. The number of aliphatic hydroxyl groups is 2. The highest BCUT2D eigenvalue weighted by Gasteiger charge is 2.52. The summed E-state index contributed by atoms with van der Waals surface area (Å²) in [5, 5.41) is 25.4. The number of fused-ring (bicyclic) bond motifs is 1. The highest BCUT2D eigenvalue weighted by atomic mass is 16.6. The fourth-order valence-electron chi connectivity index (χ4n) is 5.63. The quantitative estimate of drug-likeness (QED) is 0.491. The molecule has 1 amide bonds. The Labute approximate surface area is 225 Å². The zero-order valence-electron chi connectivity index (χ0n) is 23.3. The van der Waals surface area contributed by atoms with Crippen molar-refractivity contribution in [3.8, 4) is 0 Å². The van der Waals surface area contributed by atoms with Gasteiger partial charge in [0.05, 0.1) is 54.5 Å². The van der Waals surface area contributed by atoms with E-state index in [0.717, 1.165) is 19.3 Å². The number of carbonyl (C=O) groups is 2. The van der Waals surface area contributed by atoms with Crippen LogP contribution in [0.3, 0.4) is 0 Å². The van der Waals surface area contributed by atoms with Crippen LogP contribution >= 0.6 is 0 Å². The number of aliphatic hydroxyl groups excluding tert-OH is 2. The second-order valence-electron chi connectivity index (χ2n) is 12.3. The molecule has 1 aromatic heterocycles. The van der Waals surface area contributed by atoms with Gasteiger partial charge in [-0.25, -0.2) is 4.98 Å². The normalized spacial score (nSPS) is 38.6. The molecule has 0 radical (unpaired) electrons. The van der Waals surface area contributed by atoms with Gasteiger partial charge in [0.15, 0.2) is 5.89 Å². The van der Waals surface area contributed by atoms with Crippen LogP contribution in [-0.4, -0.2) is 69.6 Å². The second kappa shape index (κ2) is 11.6. The minimum absolute atomic E-state index is 0.0149. The van der Waals surface area contributed by atoms with Crippen LogP contribution in [0.1, 0.15) is 84.2 Å². The summed E-state index contributed by atoms with van der Waals surface area (Å²) in [4.78, 5) is 31.1. The number of nitrogens with zero attached hydrogens (tertiary/aromatic N) is 1. The molecule has 3 saturated heterocycles. The number of ether oxygens (including phenoxy) is 2. The number of ketones is 1. The van der Waals surface area contributed by atoms with Crippen molar-refractivity contribution in [2.24, 2.45) is 17.3 Å². The van der Waals surface area contributed by atoms with E-state index in [1.165, 1.54) is 0 Å². The third-order valence-electron chi connectivity index (χ3n) is 8.70. The Bertz CT molecular complexity index is 1020. The third kappa shape index (κ3) is 7.11. The number of amides is 1. The van der Waals surface area contributed by atoms with E-state index in [1.54, 1.807) is 33.1 Å². The van der Waals surface area contributed by atoms with Gasteiger partial charge < -0.3 is 29.4 Å². The van der Waals surface area contributed by atoms with E-state index in [4.69, 9.17) is 13.9 Å². The maximum absolute atomic E-state index is 13.8. The molecule has 8 atom stereocenters. The summed E-state index contributed by atoms with van der Waals surface area (Å²) in [7, 11) is 0. The van der Waals surface area contributed by atoms with E-state index < -0.39 is 23.5 Å². The maximum Gasteiger partial charge on any atom is 0.223 e. The molecule has 3 fully saturated rings. The standard InChI is InChI=1S/C29H44N2O7/c1-17-7-6-12-29(5)24(38-29)13-19(8-9-20-15-36-18(2)30-20)31-25(33)14-23(32)28(3,4)27(35)22(26(17)34)11-10-21-16-37-21/h8-9,15,17,19,21-24,26,32,34H,6-7,10-14,16H2,1-5H3,(H,31,33). The van der Waals surface area contributed by atoms with Crippen molar-refractivity contribution < 1.29 is 33.7 Å². The Morgan fingerprint density at radius 1 is 1.21 bits per heavy atom. The van der Waals surface area contributed by atoms with E-state index in [0.29, 0.717) is 37.5 Å². The summed E-state index contributed by atoms with van der Waals surface area (Å²) in [5.41, 5.74) is -0.833. The highest BCUT2D eigenvalue weighted by Crippen LogP contribution is 2.44. The summed E-state index contributed by atoms with van der Waals surface area (Å²) in [5.74, 6) is -0.717. The zero-order valence-corrected chi connectivity index (χ0v) is 23.3. The molecule has 0 bridgehead atoms. The average molecular weight is 533 g/mol. The van der Waals surface area contributed by atoms with Crippen molar-refractivity contribution in [3.05, 3.63) is 23.9 Å². The second-order valence-corrected chi connectivity index (χ2v) is 12.3. The average Bonchev–Trinajstić information content (AvgIpc) is 3.75. The van der Waals surface area contributed by atoms with Crippen molar-refractivity contribution in [2.45, 2.75) is 116 Å². The number of rotatable bonds is 5. The molecular weight excluding hydrogens is 488 g/mol. The fraction of sp³-hybridized carbons (Fsp3) is 0.759. The molecule has 3 N–H and O–H groups in total. The molecule has 4 heterocycles. The van der Waals surface area contributed by atoms with Crippen molar-refractivity contribution >= 4 is 17.8 Å². The van der Waals surface area contributed by atoms with Crippen LogP contribution in [0.15, 0.2) is 16.8 Å². The summed E-state index contributed by atoms with van der Waals surface area (Å²) >= 11 is 0. The van der Waals surface area contributed by atoms with Gasteiger partial charge in [0.25, 0.3) is 0 Å². The Morgan fingerprint density at radius 3 is 2.61 bits per heavy atom. The van der Waals surface area contributed by atoms with Gasteiger partial charge in [-0.1, -0.05) is 33.3 Å². The first-order chi connectivity index (χ1) is 17.9. The van der Waals surface area contributed by atoms with Crippen molar-refractivity contribution in [1.29, 1.82) is 0 Å². The summed E-state index contributed by atoms with van der Waals surface area (Å²) in [6.45, 7) is 9.86. The fourth-order valence-corrected chi connectivity index (χ4v) is 5.63. The van der Waals surface area contributed by atoms with Gasteiger partial charge in [0.1, 0.15) is 17.7 Å². The van der Waals surface area contributed by atoms with E-state index in [1.807, 2.05) is 13.0 Å². The van der Waals surface area contributed by atoms with E-state index in [2.05, 4.69) is 17.2 Å². The SMILES string of the molecule is Cc1nc(C=CC2CC3OC3(C)CCCC(C)C(O)C(CCC3CO3)C(=O)C(C)(C)C(O)CC(=O)N2)co1. The number of nitrogens with one attached hydrogen (secondary N) is 1. The monoisotopic (exact) mass is 532 g/mol. The van der Waals surface area contributed by atoms with Gasteiger partial charge in [-0.3, -0.25) is 9.59 Å². The number of hydrogen-bond donors (Lipinski definition) is 3. The lowest BCUT2D eigenvalue weighted by Crippen LogP contribution is -2.48. The molecule has 3 aliphatic heterocycles. The third-order valence-corrected chi connectivity index (χ3v) is 8.70. The topological polar surface area (TPSA) is 138 Å². The van der Waals surface area contributed by atoms with Crippen LogP contribution in [0.4, 0.5) is 0 Å². The van der Waals surface area contributed by atoms with Crippen molar-refractivity contribution in [3.63, 3.8) is 0 Å². The van der Waals surface area contributed by atoms with Gasteiger partial charge in [-0.15, -0.1) is 0 Å². The van der Waals surface area contributed by atoms with Gasteiger partial charge in [-0.05, 0) is 44.6 Å². The Morgan fingerprint density at radius 2 is 1.95 bits per heavy atom. The summed E-state index contributed by atoms with van der Waals surface area (Å²) in [6.07, 6.45) is 7.34. The first kappa shape index (κ1) is 28.9. The van der Waals surface area contributed by atoms with Crippen molar-refractivity contribution in [1.82, 2.24) is 10.3 Å². The van der Waals surface area contributed by atoms with Gasteiger partial charge >= 0.3 is 0 Å². The van der Waals surface area contributed by atoms with Crippen LogP contribution in [0.25, 0.3) is 6.08 Å². The molecule has 38 heavy (non-hydrogen) atoms. The molecule has 3 aliphatic rings. The summed E-state index contributed by atoms with van der Waals surface area (Å²) in [6, 6.07) is -0.336. The van der Waals surface area contributed by atoms with E-state index >= 15 is 0 Å². The zero-order chi connectivity index (χ0) is 27.7. The number of aryl methyl sites for hydroxylation is 1. The predicted octanol–water partition coefficient (Wildman–Crippen LogP) is 3.35. The lowest BCUT2D eigenvalue weighted by atomic mass is 9.70. The Balaban J connectivity index is 1.53. The Hall–Kier alpha value is -2.07. The van der Waals surface area contributed by atoms with Crippen LogP contribution in [-0.2, 0) is 19.1 Å². The molecule has 0 saturated carbocycles. The molecule has 9 heteroatoms. The summed E-state index contributed by atoms with van der Waals surface area (Å²) < 4.78 is 16.7. The molecule has 0 spiro atoms. The smallest absolute Gasteiger partial charge is 0.223 e. The minimum Gasteiger partial charge on any atom is -0.449 e. The molecule has 0 aliphatic carbocycles. The molecule has 9 nitrogen and oxygen atoms in total. The maximum atomic E-state index is 13.8.